The molecule has 4 heteroatoms. The highest BCUT2D eigenvalue weighted by atomic mass is 35.5. The van der Waals surface area contributed by atoms with E-state index in [0.29, 0.717) is 12.6 Å². The van der Waals surface area contributed by atoms with Crippen LogP contribution in [0.15, 0.2) is 30.5 Å². The largest absolute Gasteiger partial charge is 0.395 e. The minimum absolute atomic E-state index is 0. The van der Waals surface area contributed by atoms with Crippen molar-refractivity contribution in [1.82, 2.24) is 9.88 Å². The van der Waals surface area contributed by atoms with Gasteiger partial charge in [-0.05, 0) is 36.3 Å². The Hall–Kier alpha value is -1.03. The lowest BCUT2D eigenvalue weighted by atomic mass is 9.85. The molecular weight excluding hydrogens is 320 g/mol. The second kappa shape index (κ2) is 9.45. The summed E-state index contributed by atoms with van der Waals surface area (Å²) in [5, 5.41) is 14.2. The molecule has 24 heavy (non-hydrogen) atoms. The van der Waals surface area contributed by atoms with Gasteiger partial charge >= 0.3 is 0 Å². The molecule has 3 nitrogen and oxygen atoms in total. The van der Waals surface area contributed by atoms with Gasteiger partial charge in [0, 0.05) is 25.3 Å². The number of para-hydroxylation sites is 1. The fourth-order valence-electron chi connectivity index (χ4n) is 4.07. The summed E-state index contributed by atoms with van der Waals surface area (Å²) in [5.41, 5.74) is 2.59. The lowest BCUT2D eigenvalue weighted by Gasteiger charge is -2.25. The molecule has 1 aromatic carbocycles. The van der Waals surface area contributed by atoms with Crippen molar-refractivity contribution in [1.29, 1.82) is 0 Å². The standard InChI is InChI=1S/C20H30N2O.ClH/c1-16(14-17-6-3-2-4-7-17)21-15-19-9-5-8-18-10-11-22(12-13-23)20(18)19;/h5,8-11,16-17,21,23H,2-4,6-7,12-15H2,1H3;1H. The Morgan fingerprint density at radius 1 is 1.21 bits per heavy atom. The molecule has 0 saturated heterocycles. The summed E-state index contributed by atoms with van der Waals surface area (Å²) in [7, 11) is 0. The van der Waals surface area contributed by atoms with E-state index in [1.807, 2.05) is 0 Å². The summed E-state index contributed by atoms with van der Waals surface area (Å²) >= 11 is 0. The zero-order valence-electron chi connectivity index (χ0n) is 14.7. The molecule has 0 bridgehead atoms. The van der Waals surface area contributed by atoms with Crippen LogP contribution in [0, 0.1) is 5.92 Å². The van der Waals surface area contributed by atoms with Gasteiger partial charge in [-0.1, -0.05) is 50.3 Å². The van der Waals surface area contributed by atoms with E-state index in [-0.39, 0.29) is 19.0 Å². The lowest BCUT2D eigenvalue weighted by molar-refractivity contribution is 0.278. The van der Waals surface area contributed by atoms with E-state index in [1.54, 1.807) is 0 Å². The highest BCUT2D eigenvalue weighted by Gasteiger charge is 2.16. The first-order valence-corrected chi connectivity index (χ1v) is 9.19. The maximum Gasteiger partial charge on any atom is 0.0610 e. The molecule has 1 fully saturated rings. The number of aromatic nitrogens is 1. The number of benzene rings is 1. The van der Waals surface area contributed by atoms with E-state index in [2.05, 4.69) is 47.3 Å². The van der Waals surface area contributed by atoms with Gasteiger partial charge in [-0.3, -0.25) is 0 Å². The Morgan fingerprint density at radius 2 is 2.00 bits per heavy atom. The number of nitrogens with zero attached hydrogens (tertiary/aromatic N) is 1. The Morgan fingerprint density at radius 3 is 2.75 bits per heavy atom. The number of halogens is 1. The van der Waals surface area contributed by atoms with Crippen LogP contribution >= 0.6 is 12.4 Å². The van der Waals surface area contributed by atoms with Gasteiger partial charge in [0.15, 0.2) is 0 Å². The van der Waals surface area contributed by atoms with Crippen LogP contribution < -0.4 is 5.32 Å². The van der Waals surface area contributed by atoms with Crippen LogP contribution in [-0.4, -0.2) is 22.3 Å². The number of fused-ring (bicyclic) bond motifs is 1. The molecule has 0 amide bonds. The third kappa shape index (κ3) is 4.75. The lowest BCUT2D eigenvalue weighted by Crippen LogP contribution is -2.28. The number of nitrogens with one attached hydrogen (secondary N) is 1. The molecular formula is C20H31ClN2O. The molecule has 1 saturated carbocycles. The predicted molar refractivity (Wildman–Crippen MR) is 104 cm³/mol. The topological polar surface area (TPSA) is 37.2 Å². The summed E-state index contributed by atoms with van der Waals surface area (Å²) in [4.78, 5) is 0. The van der Waals surface area contributed by atoms with Crippen LogP contribution in [0.3, 0.4) is 0 Å². The normalized spacial score (nSPS) is 16.9. The average molecular weight is 351 g/mol. The number of aliphatic hydroxyl groups excluding tert-OH is 1. The van der Waals surface area contributed by atoms with Crippen LogP contribution in [0.2, 0.25) is 0 Å². The van der Waals surface area contributed by atoms with Crippen molar-refractivity contribution in [3.05, 3.63) is 36.0 Å². The first-order valence-electron chi connectivity index (χ1n) is 9.19. The highest BCUT2D eigenvalue weighted by molar-refractivity contribution is 5.85. The van der Waals surface area contributed by atoms with E-state index >= 15 is 0 Å². The number of hydrogen-bond donors (Lipinski definition) is 2. The van der Waals surface area contributed by atoms with E-state index in [0.717, 1.165) is 12.5 Å². The third-order valence-corrected chi connectivity index (χ3v) is 5.27. The van der Waals surface area contributed by atoms with Gasteiger partial charge in [-0.2, -0.15) is 0 Å². The first kappa shape index (κ1) is 19.3. The fraction of sp³-hybridized carbons (Fsp3) is 0.600. The van der Waals surface area contributed by atoms with Crippen LogP contribution in [0.4, 0.5) is 0 Å². The Bertz CT molecular complexity index is 619. The zero-order chi connectivity index (χ0) is 16.1. The molecule has 2 N–H and O–H groups in total. The third-order valence-electron chi connectivity index (χ3n) is 5.27. The molecule has 1 aromatic heterocycles. The van der Waals surface area contributed by atoms with Gasteiger partial charge in [0.1, 0.15) is 0 Å². The van der Waals surface area contributed by atoms with Crippen molar-refractivity contribution in [3.8, 4) is 0 Å². The van der Waals surface area contributed by atoms with E-state index in [9.17, 15) is 5.11 Å². The van der Waals surface area contributed by atoms with Crippen molar-refractivity contribution in [2.45, 2.75) is 64.6 Å². The number of hydrogen-bond acceptors (Lipinski definition) is 2. The molecule has 1 atom stereocenters. The van der Waals surface area contributed by atoms with Crippen molar-refractivity contribution < 1.29 is 5.11 Å². The van der Waals surface area contributed by atoms with Gasteiger partial charge in [0.05, 0.1) is 12.1 Å². The van der Waals surface area contributed by atoms with Gasteiger partial charge < -0.3 is 15.0 Å². The van der Waals surface area contributed by atoms with E-state index < -0.39 is 0 Å². The molecule has 134 valence electrons. The van der Waals surface area contributed by atoms with Crippen LogP contribution in [0.1, 0.15) is 51.0 Å². The smallest absolute Gasteiger partial charge is 0.0610 e. The Balaban J connectivity index is 0.00000208. The number of rotatable bonds is 7. The van der Waals surface area contributed by atoms with Gasteiger partial charge in [0.2, 0.25) is 0 Å². The molecule has 1 heterocycles. The first-order chi connectivity index (χ1) is 11.3. The molecule has 3 rings (SSSR count). The second-order valence-corrected chi connectivity index (χ2v) is 7.11. The van der Waals surface area contributed by atoms with Gasteiger partial charge in [0.25, 0.3) is 0 Å². The van der Waals surface area contributed by atoms with Crippen molar-refractivity contribution in [2.75, 3.05) is 6.61 Å². The SMILES string of the molecule is CC(CC1CCCCC1)NCc1cccc2ccn(CCO)c12.Cl. The van der Waals surface area contributed by atoms with Crippen LogP contribution in [0.25, 0.3) is 10.9 Å². The minimum atomic E-state index is 0. The predicted octanol–water partition coefficient (Wildman–Crippen LogP) is 4.50. The molecule has 0 aliphatic heterocycles. The molecule has 0 radical (unpaired) electrons. The average Bonchev–Trinajstić information content (AvgIpc) is 2.98. The monoisotopic (exact) mass is 350 g/mol. The van der Waals surface area contributed by atoms with E-state index in [4.69, 9.17) is 0 Å². The van der Waals surface area contributed by atoms with E-state index in [1.165, 1.54) is 55.0 Å². The van der Waals surface area contributed by atoms with Crippen LogP contribution in [-0.2, 0) is 13.1 Å². The maximum absolute atomic E-state index is 9.25. The Kier molecular flexibility index (Phi) is 7.60. The highest BCUT2D eigenvalue weighted by Crippen LogP contribution is 2.27. The zero-order valence-corrected chi connectivity index (χ0v) is 15.5. The number of aliphatic hydroxyl groups is 1. The summed E-state index contributed by atoms with van der Waals surface area (Å²) in [6.45, 7) is 4.07. The molecule has 0 spiro atoms. The Labute approximate surface area is 151 Å². The fourth-order valence-corrected chi connectivity index (χ4v) is 4.07. The van der Waals surface area contributed by atoms with Crippen molar-refractivity contribution >= 4 is 23.3 Å². The molecule has 1 unspecified atom stereocenters. The van der Waals surface area contributed by atoms with Crippen molar-refractivity contribution in [2.24, 2.45) is 5.92 Å². The summed E-state index contributed by atoms with van der Waals surface area (Å²) in [6, 6.07) is 9.19. The quantitative estimate of drug-likeness (QED) is 0.771. The maximum atomic E-state index is 9.25. The summed E-state index contributed by atoms with van der Waals surface area (Å²) in [5.74, 6) is 0.917. The molecule has 2 aromatic rings. The van der Waals surface area contributed by atoms with Crippen molar-refractivity contribution in [3.63, 3.8) is 0 Å². The second-order valence-electron chi connectivity index (χ2n) is 7.11. The summed E-state index contributed by atoms with van der Waals surface area (Å²) in [6.07, 6.45) is 10.5. The summed E-state index contributed by atoms with van der Waals surface area (Å²) < 4.78 is 2.16. The van der Waals surface area contributed by atoms with Gasteiger partial charge in [-0.25, -0.2) is 0 Å². The molecule has 1 aliphatic carbocycles. The van der Waals surface area contributed by atoms with Gasteiger partial charge in [-0.15, -0.1) is 12.4 Å². The molecule has 1 aliphatic rings. The van der Waals surface area contributed by atoms with Crippen LogP contribution in [0.5, 0.6) is 0 Å². The minimum Gasteiger partial charge on any atom is -0.395 e.